The van der Waals surface area contributed by atoms with Crippen molar-refractivity contribution in [3.63, 3.8) is 0 Å². The van der Waals surface area contributed by atoms with Crippen molar-refractivity contribution in [2.45, 2.75) is 31.7 Å². The fourth-order valence-electron chi connectivity index (χ4n) is 3.28. The van der Waals surface area contributed by atoms with E-state index in [1.807, 2.05) is 17.5 Å². The topological polar surface area (TPSA) is 101 Å². The average Bonchev–Trinajstić information content (AvgIpc) is 3.49. The fraction of sp³-hybridized carbons (Fsp3) is 0.350. The summed E-state index contributed by atoms with van der Waals surface area (Å²) in [4.78, 5) is 35.8. The zero-order chi connectivity index (χ0) is 20.1. The van der Waals surface area contributed by atoms with Gasteiger partial charge >= 0.3 is 0 Å². The quantitative estimate of drug-likeness (QED) is 0.641. The third kappa shape index (κ3) is 4.86. The van der Waals surface area contributed by atoms with Gasteiger partial charge in [-0.2, -0.15) is 4.98 Å². The Kier molecular flexibility index (Phi) is 5.95. The number of amides is 2. The molecule has 0 aromatic carbocycles. The van der Waals surface area contributed by atoms with Crippen LogP contribution in [-0.2, 0) is 11.2 Å². The molecular formula is C20H21N5O3S. The molecule has 8 nitrogen and oxygen atoms in total. The van der Waals surface area contributed by atoms with E-state index in [-0.39, 0.29) is 17.9 Å². The van der Waals surface area contributed by atoms with Crippen molar-refractivity contribution < 1.29 is 14.1 Å². The number of carbonyl (C=O) groups is 2. The van der Waals surface area contributed by atoms with E-state index >= 15 is 0 Å². The third-order valence-electron chi connectivity index (χ3n) is 4.73. The second-order valence-corrected chi connectivity index (χ2v) is 7.81. The van der Waals surface area contributed by atoms with E-state index in [9.17, 15) is 9.59 Å². The number of carbonyl (C=O) groups excluding carboxylic acids is 2. The highest BCUT2D eigenvalue weighted by atomic mass is 32.1. The second-order valence-electron chi connectivity index (χ2n) is 6.86. The number of pyridine rings is 1. The van der Waals surface area contributed by atoms with Crippen molar-refractivity contribution >= 4 is 23.2 Å². The van der Waals surface area contributed by atoms with Gasteiger partial charge in [-0.25, -0.2) is 0 Å². The Hall–Kier alpha value is -3.07. The Morgan fingerprint density at radius 1 is 1.28 bits per heavy atom. The van der Waals surface area contributed by atoms with Crippen LogP contribution in [0, 0.1) is 0 Å². The van der Waals surface area contributed by atoms with Crippen LogP contribution in [0.25, 0.3) is 10.7 Å². The summed E-state index contributed by atoms with van der Waals surface area (Å²) in [5.74, 6) is 0.998. The predicted molar refractivity (Wildman–Crippen MR) is 107 cm³/mol. The maximum atomic E-state index is 12.4. The molecule has 4 rings (SSSR count). The maximum Gasteiger partial charge on any atom is 0.272 e. The van der Waals surface area contributed by atoms with Crippen LogP contribution in [0.15, 0.2) is 46.4 Å². The lowest BCUT2D eigenvalue weighted by atomic mass is 10.2. The molecule has 29 heavy (non-hydrogen) atoms. The monoisotopic (exact) mass is 411 g/mol. The molecule has 3 aromatic heterocycles. The molecule has 0 bridgehead atoms. The molecule has 1 N–H and O–H groups in total. The second kappa shape index (κ2) is 8.95. The highest BCUT2D eigenvalue weighted by molar-refractivity contribution is 7.13. The lowest BCUT2D eigenvalue weighted by molar-refractivity contribution is -0.121. The number of aryl methyl sites for hydroxylation is 1. The summed E-state index contributed by atoms with van der Waals surface area (Å²) in [6.45, 7) is 1.13. The molecule has 1 unspecified atom stereocenters. The van der Waals surface area contributed by atoms with Crippen molar-refractivity contribution in [3.8, 4) is 10.7 Å². The molecule has 9 heteroatoms. The molecule has 1 saturated heterocycles. The molecule has 4 heterocycles. The maximum absolute atomic E-state index is 12.4. The van der Waals surface area contributed by atoms with Crippen LogP contribution in [0.2, 0.25) is 0 Å². The molecule has 0 spiro atoms. The lowest BCUT2D eigenvalue weighted by Crippen LogP contribution is -2.38. The van der Waals surface area contributed by atoms with Crippen LogP contribution in [0.4, 0.5) is 0 Å². The Morgan fingerprint density at radius 2 is 2.21 bits per heavy atom. The predicted octanol–water partition coefficient (Wildman–Crippen LogP) is 2.55. The summed E-state index contributed by atoms with van der Waals surface area (Å²) in [6, 6.07) is 9.13. The summed E-state index contributed by atoms with van der Waals surface area (Å²) in [5, 5.41) is 8.94. The molecular weight excluding hydrogens is 390 g/mol. The normalized spacial score (nSPS) is 16.1. The van der Waals surface area contributed by atoms with Crippen molar-refractivity contribution in [1.82, 2.24) is 25.3 Å². The van der Waals surface area contributed by atoms with E-state index in [4.69, 9.17) is 4.52 Å². The molecule has 1 aliphatic heterocycles. The lowest BCUT2D eigenvalue weighted by Gasteiger charge is -2.16. The van der Waals surface area contributed by atoms with Crippen molar-refractivity contribution in [2.75, 3.05) is 13.1 Å². The summed E-state index contributed by atoms with van der Waals surface area (Å²) < 4.78 is 5.25. The number of likely N-dealkylation sites (tertiary alicyclic amines) is 1. The Morgan fingerprint density at radius 3 is 3.00 bits per heavy atom. The standard InChI is InChI=1S/C20H21N5O3S/c26-17(7-3-8-18-23-19(24-28-18)16-6-4-12-29-16)22-14-9-11-25(13-14)20(27)15-5-1-2-10-21-15/h1-2,4-6,10,12,14H,3,7-9,11,13H2,(H,22,26). The van der Waals surface area contributed by atoms with Gasteiger partial charge in [0.25, 0.3) is 5.91 Å². The van der Waals surface area contributed by atoms with E-state index in [1.165, 1.54) is 0 Å². The van der Waals surface area contributed by atoms with Crippen LogP contribution in [-0.4, -0.2) is 51.0 Å². The number of aromatic nitrogens is 3. The molecule has 0 saturated carbocycles. The van der Waals surface area contributed by atoms with E-state index in [1.54, 1.807) is 40.6 Å². The zero-order valence-corrected chi connectivity index (χ0v) is 16.6. The summed E-state index contributed by atoms with van der Waals surface area (Å²) >= 11 is 1.56. The summed E-state index contributed by atoms with van der Waals surface area (Å²) in [6.07, 6.45) is 3.91. The minimum atomic E-state index is -0.0970. The Balaban J connectivity index is 1.19. The molecule has 0 aliphatic carbocycles. The zero-order valence-electron chi connectivity index (χ0n) is 15.8. The first-order valence-electron chi connectivity index (χ1n) is 9.55. The first kappa shape index (κ1) is 19.3. The van der Waals surface area contributed by atoms with E-state index in [2.05, 4.69) is 20.4 Å². The van der Waals surface area contributed by atoms with Crippen LogP contribution in [0.3, 0.4) is 0 Å². The van der Waals surface area contributed by atoms with Gasteiger partial charge < -0.3 is 14.7 Å². The van der Waals surface area contributed by atoms with Gasteiger partial charge in [-0.05, 0) is 36.4 Å². The average molecular weight is 411 g/mol. The minimum absolute atomic E-state index is 0.0241. The van der Waals surface area contributed by atoms with Gasteiger partial charge in [-0.3, -0.25) is 14.6 Å². The fourth-order valence-corrected chi connectivity index (χ4v) is 3.93. The number of hydrogen-bond acceptors (Lipinski definition) is 7. The number of rotatable bonds is 7. The van der Waals surface area contributed by atoms with Gasteiger partial charge in [0, 0.05) is 38.2 Å². The summed E-state index contributed by atoms with van der Waals surface area (Å²) in [7, 11) is 0. The number of thiophene rings is 1. The van der Waals surface area contributed by atoms with E-state index in [0.29, 0.717) is 49.8 Å². The Labute approximate surface area is 172 Å². The van der Waals surface area contributed by atoms with Crippen molar-refractivity contribution in [1.29, 1.82) is 0 Å². The van der Waals surface area contributed by atoms with Crippen LogP contribution >= 0.6 is 11.3 Å². The van der Waals surface area contributed by atoms with Crippen LogP contribution in [0.5, 0.6) is 0 Å². The summed E-state index contributed by atoms with van der Waals surface area (Å²) in [5.41, 5.74) is 0.431. The van der Waals surface area contributed by atoms with Gasteiger partial charge in [0.1, 0.15) is 5.69 Å². The highest BCUT2D eigenvalue weighted by Gasteiger charge is 2.28. The third-order valence-corrected chi connectivity index (χ3v) is 5.59. The van der Waals surface area contributed by atoms with Gasteiger partial charge in [0.2, 0.25) is 17.6 Å². The van der Waals surface area contributed by atoms with Crippen LogP contribution in [0.1, 0.15) is 35.6 Å². The first-order valence-corrected chi connectivity index (χ1v) is 10.4. The Bertz CT molecular complexity index is 958. The van der Waals surface area contributed by atoms with Gasteiger partial charge in [0.15, 0.2) is 0 Å². The molecule has 3 aromatic rings. The van der Waals surface area contributed by atoms with Gasteiger partial charge in [-0.15, -0.1) is 11.3 Å². The van der Waals surface area contributed by atoms with Crippen molar-refractivity contribution in [3.05, 3.63) is 53.5 Å². The molecule has 1 fully saturated rings. The molecule has 1 atom stereocenters. The van der Waals surface area contributed by atoms with Crippen LogP contribution < -0.4 is 5.32 Å². The molecule has 150 valence electrons. The van der Waals surface area contributed by atoms with Gasteiger partial charge in [-0.1, -0.05) is 17.3 Å². The number of nitrogens with zero attached hydrogens (tertiary/aromatic N) is 4. The van der Waals surface area contributed by atoms with E-state index in [0.717, 1.165) is 11.3 Å². The minimum Gasteiger partial charge on any atom is -0.352 e. The first-order chi connectivity index (χ1) is 14.2. The molecule has 0 radical (unpaired) electrons. The SMILES string of the molecule is O=C(CCCc1nc(-c2cccs2)no1)NC1CCN(C(=O)c2ccccn2)C1. The largest absolute Gasteiger partial charge is 0.352 e. The van der Waals surface area contributed by atoms with Crippen molar-refractivity contribution in [2.24, 2.45) is 0 Å². The highest BCUT2D eigenvalue weighted by Crippen LogP contribution is 2.21. The molecule has 1 aliphatic rings. The number of hydrogen-bond donors (Lipinski definition) is 1. The van der Waals surface area contributed by atoms with E-state index < -0.39 is 0 Å². The number of nitrogens with one attached hydrogen (secondary N) is 1. The van der Waals surface area contributed by atoms with Gasteiger partial charge in [0.05, 0.1) is 4.88 Å². The molecule has 2 amide bonds. The smallest absolute Gasteiger partial charge is 0.272 e.